The van der Waals surface area contributed by atoms with Crippen molar-refractivity contribution in [1.82, 2.24) is 20.1 Å². The summed E-state index contributed by atoms with van der Waals surface area (Å²) in [4.78, 5) is 6.91. The van der Waals surface area contributed by atoms with E-state index in [0.717, 1.165) is 54.8 Å². The molecule has 4 aromatic rings. The first-order valence-corrected chi connectivity index (χ1v) is 10.1. The van der Waals surface area contributed by atoms with Gasteiger partial charge >= 0.3 is 0 Å². The van der Waals surface area contributed by atoms with Crippen LogP contribution in [0.15, 0.2) is 67.0 Å². The Kier molecular flexibility index (Phi) is 4.82. The zero-order chi connectivity index (χ0) is 19.6. The van der Waals surface area contributed by atoms with Crippen LogP contribution in [0.1, 0.15) is 30.0 Å². The number of piperidine rings is 1. The number of aromatic amines is 1. The molecule has 0 saturated carbocycles. The lowest BCUT2D eigenvalue weighted by Gasteiger charge is -2.32. The van der Waals surface area contributed by atoms with Crippen molar-refractivity contribution in [2.75, 3.05) is 13.1 Å². The highest BCUT2D eigenvalue weighted by Crippen LogP contribution is 2.33. The lowest BCUT2D eigenvalue weighted by molar-refractivity contribution is 0.198. The molecule has 0 spiro atoms. The summed E-state index contributed by atoms with van der Waals surface area (Å²) in [7, 11) is 0. The summed E-state index contributed by atoms with van der Waals surface area (Å²) in [5, 5.41) is 8.65. The number of H-pyrrole nitrogens is 1. The summed E-state index contributed by atoms with van der Waals surface area (Å²) < 4.78 is 13.7. The minimum atomic E-state index is -0.217. The van der Waals surface area contributed by atoms with Crippen LogP contribution >= 0.6 is 0 Å². The molecule has 1 aliphatic rings. The number of halogens is 1. The quantitative estimate of drug-likeness (QED) is 0.528. The predicted molar refractivity (Wildman–Crippen MR) is 113 cm³/mol. The molecule has 4 nitrogen and oxygen atoms in total. The molecule has 2 aromatic carbocycles. The van der Waals surface area contributed by atoms with Crippen LogP contribution in [0.25, 0.3) is 22.0 Å². The first kappa shape index (κ1) is 18.0. The van der Waals surface area contributed by atoms with E-state index in [9.17, 15) is 4.39 Å². The largest absolute Gasteiger partial charge is 0.298 e. The Bertz CT molecular complexity index is 1140. The second kappa shape index (κ2) is 7.76. The fourth-order valence-electron chi connectivity index (χ4n) is 4.41. The van der Waals surface area contributed by atoms with E-state index in [1.54, 1.807) is 12.1 Å². The average molecular weight is 386 g/mol. The standard InChI is InChI=1S/C24H23FN4/c25-21-7-1-4-18(13-21)22-14-27-28-24(22)20-6-3-11-29(16-20)15-17-8-9-23-19(12-17)5-2-10-26-23/h1-2,4-5,7-10,12-14,20H,3,6,11,15-16H2,(H,27,28). The highest BCUT2D eigenvalue weighted by atomic mass is 19.1. The van der Waals surface area contributed by atoms with Crippen LogP contribution in [0, 0.1) is 5.82 Å². The maximum absolute atomic E-state index is 13.7. The number of benzene rings is 2. The highest BCUT2D eigenvalue weighted by molar-refractivity contribution is 5.78. The van der Waals surface area contributed by atoms with Gasteiger partial charge in [-0.05, 0) is 60.8 Å². The van der Waals surface area contributed by atoms with E-state index < -0.39 is 0 Å². The third kappa shape index (κ3) is 3.78. The number of hydrogen-bond acceptors (Lipinski definition) is 3. The molecule has 5 heteroatoms. The van der Waals surface area contributed by atoms with Crippen molar-refractivity contribution in [3.8, 4) is 11.1 Å². The van der Waals surface area contributed by atoms with Crippen molar-refractivity contribution in [1.29, 1.82) is 0 Å². The number of hydrogen-bond donors (Lipinski definition) is 1. The molecule has 0 aliphatic carbocycles. The van der Waals surface area contributed by atoms with Gasteiger partial charge in [0.25, 0.3) is 0 Å². The molecule has 0 bridgehead atoms. The number of pyridine rings is 1. The number of aromatic nitrogens is 3. The Morgan fingerprint density at radius 1 is 1.10 bits per heavy atom. The van der Waals surface area contributed by atoms with E-state index in [0.29, 0.717) is 5.92 Å². The SMILES string of the molecule is Fc1cccc(-c2cn[nH]c2C2CCCN(Cc3ccc4ncccc4c3)C2)c1. The summed E-state index contributed by atoms with van der Waals surface area (Å²) in [6.07, 6.45) is 5.90. The molecule has 1 N–H and O–H groups in total. The van der Waals surface area contributed by atoms with Gasteiger partial charge in [-0.1, -0.05) is 24.3 Å². The summed E-state index contributed by atoms with van der Waals surface area (Å²) in [6.45, 7) is 2.98. The van der Waals surface area contributed by atoms with Crippen LogP contribution < -0.4 is 0 Å². The van der Waals surface area contributed by atoms with Crippen molar-refractivity contribution in [2.24, 2.45) is 0 Å². The zero-order valence-electron chi connectivity index (χ0n) is 16.2. The smallest absolute Gasteiger partial charge is 0.123 e. The molecule has 0 amide bonds. The predicted octanol–water partition coefficient (Wildman–Crippen LogP) is 5.14. The van der Waals surface area contributed by atoms with E-state index in [4.69, 9.17) is 0 Å². The molecule has 0 radical (unpaired) electrons. The molecule has 2 aromatic heterocycles. The topological polar surface area (TPSA) is 44.8 Å². The van der Waals surface area contributed by atoms with Crippen molar-refractivity contribution in [3.63, 3.8) is 0 Å². The van der Waals surface area contributed by atoms with Crippen molar-refractivity contribution >= 4 is 10.9 Å². The third-order valence-electron chi connectivity index (χ3n) is 5.79. The minimum absolute atomic E-state index is 0.217. The Morgan fingerprint density at radius 2 is 2.07 bits per heavy atom. The van der Waals surface area contributed by atoms with Gasteiger partial charge in [-0.3, -0.25) is 15.0 Å². The maximum Gasteiger partial charge on any atom is 0.123 e. The molecule has 1 fully saturated rings. The average Bonchev–Trinajstić information content (AvgIpc) is 3.24. The molecule has 5 rings (SSSR count). The molecule has 1 unspecified atom stereocenters. The summed E-state index contributed by atoms with van der Waals surface area (Å²) >= 11 is 0. The maximum atomic E-state index is 13.7. The van der Waals surface area contributed by atoms with Crippen LogP contribution in [-0.2, 0) is 6.54 Å². The fourth-order valence-corrected chi connectivity index (χ4v) is 4.41. The Hall–Kier alpha value is -3.05. The molecular weight excluding hydrogens is 363 g/mol. The van der Waals surface area contributed by atoms with Crippen molar-refractivity contribution in [2.45, 2.75) is 25.3 Å². The van der Waals surface area contributed by atoms with Gasteiger partial charge < -0.3 is 0 Å². The van der Waals surface area contributed by atoms with Gasteiger partial charge in [0.2, 0.25) is 0 Å². The summed E-state index contributed by atoms with van der Waals surface area (Å²) in [5.74, 6) is 0.150. The van der Waals surface area contributed by atoms with Crippen LogP contribution in [0.3, 0.4) is 0 Å². The minimum Gasteiger partial charge on any atom is -0.298 e. The highest BCUT2D eigenvalue weighted by Gasteiger charge is 2.25. The number of fused-ring (bicyclic) bond motifs is 1. The number of likely N-dealkylation sites (tertiary alicyclic amines) is 1. The third-order valence-corrected chi connectivity index (χ3v) is 5.79. The lowest BCUT2D eigenvalue weighted by atomic mass is 9.90. The monoisotopic (exact) mass is 386 g/mol. The Morgan fingerprint density at radius 3 is 3.00 bits per heavy atom. The lowest BCUT2D eigenvalue weighted by Crippen LogP contribution is -2.34. The normalized spacial score (nSPS) is 17.6. The van der Waals surface area contributed by atoms with Gasteiger partial charge in [0.05, 0.1) is 11.7 Å². The fraction of sp³-hybridized carbons (Fsp3) is 0.250. The van der Waals surface area contributed by atoms with Gasteiger partial charge in [-0.25, -0.2) is 4.39 Å². The molecular formula is C24H23FN4. The number of nitrogens with zero attached hydrogens (tertiary/aromatic N) is 3. The molecule has 146 valence electrons. The summed E-state index contributed by atoms with van der Waals surface area (Å²) in [6, 6.07) is 17.4. The second-order valence-electron chi connectivity index (χ2n) is 7.81. The van der Waals surface area contributed by atoms with E-state index >= 15 is 0 Å². The van der Waals surface area contributed by atoms with E-state index in [1.807, 2.05) is 24.5 Å². The summed E-state index contributed by atoms with van der Waals surface area (Å²) in [5.41, 5.74) is 5.34. The molecule has 1 atom stereocenters. The molecule has 29 heavy (non-hydrogen) atoms. The molecule has 1 saturated heterocycles. The van der Waals surface area contributed by atoms with Crippen LogP contribution in [-0.4, -0.2) is 33.2 Å². The Balaban J connectivity index is 1.35. The van der Waals surface area contributed by atoms with Gasteiger partial charge in [0, 0.05) is 41.8 Å². The van der Waals surface area contributed by atoms with E-state index in [2.05, 4.69) is 44.3 Å². The van der Waals surface area contributed by atoms with Gasteiger partial charge in [0.1, 0.15) is 5.82 Å². The molecule has 3 heterocycles. The number of rotatable bonds is 4. The van der Waals surface area contributed by atoms with Gasteiger partial charge in [-0.15, -0.1) is 0 Å². The Labute approximate surface area is 169 Å². The van der Waals surface area contributed by atoms with Gasteiger partial charge in [-0.2, -0.15) is 5.10 Å². The van der Waals surface area contributed by atoms with Crippen LogP contribution in [0.2, 0.25) is 0 Å². The number of nitrogens with one attached hydrogen (secondary N) is 1. The van der Waals surface area contributed by atoms with Crippen molar-refractivity contribution in [3.05, 3.63) is 84.1 Å². The molecule has 1 aliphatic heterocycles. The first-order valence-electron chi connectivity index (χ1n) is 10.1. The second-order valence-corrected chi connectivity index (χ2v) is 7.81. The van der Waals surface area contributed by atoms with Crippen molar-refractivity contribution < 1.29 is 4.39 Å². The first-order chi connectivity index (χ1) is 14.3. The van der Waals surface area contributed by atoms with E-state index in [-0.39, 0.29) is 5.82 Å². The zero-order valence-corrected chi connectivity index (χ0v) is 16.2. The van der Waals surface area contributed by atoms with Crippen LogP contribution in [0.5, 0.6) is 0 Å². The van der Waals surface area contributed by atoms with E-state index in [1.165, 1.54) is 17.0 Å². The van der Waals surface area contributed by atoms with Crippen LogP contribution in [0.4, 0.5) is 4.39 Å². The van der Waals surface area contributed by atoms with Gasteiger partial charge in [0.15, 0.2) is 0 Å².